The van der Waals surface area contributed by atoms with E-state index in [2.05, 4.69) is 21.4 Å². The molecular weight excluding hydrogens is 426 g/mol. The second kappa shape index (κ2) is 8.57. The Bertz CT molecular complexity index is 1090. The first kappa shape index (κ1) is 19.9. The molecule has 29 heavy (non-hydrogen) atoms. The third kappa shape index (κ3) is 4.47. The molecule has 4 rings (SSSR count). The van der Waals surface area contributed by atoms with Crippen LogP contribution in [0.4, 0.5) is 5.69 Å². The number of rotatable bonds is 4. The van der Waals surface area contributed by atoms with E-state index < -0.39 is 10.0 Å². The quantitative estimate of drug-likeness (QED) is 0.442. The first-order valence-corrected chi connectivity index (χ1v) is 11.9. The SMILES string of the molecule is O=S(=O)(/N=C(\c1ccccc1Cl)N1CCN(c2ccccc2)CC1)c1cccs1. The van der Waals surface area contributed by atoms with Crippen molar-refractivity contribution in [3.8, 4) is 0 Å². The van der Waals surface area contributed by atoms with E-state index in [0.29, 0.717) is 29.5 Å². The van der Waals surface area contributed by atoms with E-state index in [4.69, 9.17) is 11.6 Å². The van der Waals surface area contributed by atoms with Gasteiger partial charge < -0.3 is 9.80 Å². The van der Waals surface area contributed by atoms with Gasteiger partial charge in [0.15, 0.2) is 5.84 Å². The van der Waals surface area contributed by atoms with Crippen molar-refractivity contribution in [2.24, 2.45) is 4.40 Å². The topological polar surface area (TPSA) is 53.0 Å². The number of hydrogen-bond acceptors (Lipinski definition) is 4. The number of nitrogens with zero attached hydrogens (tertiary/aromatic N) is 3. The minimum Gasteiger partial charge on any atom is -0.368 e. The molecule has 5 nitrogen and oxygen atoms in total. The molecule has 1 aliphatic rings. The predicted octanol–water partition coefficient (Wildman–Crippen LogP) is 4.36. The van der Waals surface area contributed by atoms with Gasteiger partial charge in [-0.3, -0.25) is 0 Å². The van der Waals surface area contributed by atoms with Crippen molar-refractivity contribution in [3.05, 3.63) is 82.7 Å². The van der Waals surface area contributed by atoms with Crippen molar-refractivity contribution in [2.45, 2.75) is 4.21 Å². The van der Waals surface area contributed by atoms with E-state index in [1.54, 1.807) is 23.6 Å². The fourth-order valence-corrected chi connectivity index (χ4v) is 5.52. The molecule has 150 valence electrons. The number of thiophene rings is 1. The van der Waals surface area contributed by atoms with E-state index in [0.717, 1.165) is 30.1 Å². The second-order valence-corrected chi connectivity index (χ2v) is 9.80. The fraction of sp³-hybridized carbons (Fsp3) is 0.190. The van der Waals surface area contributed by atoms with Crippen LogP contribution >= 0.6 is 22.9 Å². The van der Waals surface area contributed by atoms with Gasteiger partial charge in [0.1, 0.15) is 4.21 Å². The van der Waals surface area contributed by atoms with E-state index in [-0.39, 0.29) is 4.21 Å². The fourth-order valence-electron chi connectivity index (χ4n) is 3.30. The van der Waals surface area contributed by atoms with Gasteiger partial charge in [0.25, 0.3) is 10.0 Å². The van der Waals surface area contributed by atoms with Gasteiger partial charge >= 0.3 is 0 Å². The van der Waals surface area contributed by atoms with Crippen LogP contribution in [0.5, 0.6) is 0 Å². The Kier molecular flexibility index (Phi) is 5.89. The standard InChI is InChI=1S/C21H20ClN3O2S2/c22-19-10-5-4-9-18(19)21(23-29(26,27)20-11-6-16-28-20)25-14-12-24(13-15-25)17-7-2-1-3-8-17/h1-11,16H,12-15H2/b23-21+. The van der Waals surface area contributed by atoms with Gasteiger partial charge in [-0.25, -0.2) is 0 Å². The minimum absolute atomic E-state index is 0.227. The minimum atomic E-state index is -3.80. The Labute approximate surface area is 179 Å². The number of anilines is 1. The van der Waals surface area contributed by atoms with Crippen molar-refractivity contribution in [3.63, 3.8) is 0 Å². The maximum absolute atomic E-state index is 12.9. The van der Waals surface area contributed by atoms with Crippen LogP contribution in [0.3, 0.4) is 0 Å². The predicted molar refractivity (Wildman–Crippen MR) is 120 cm³/mol. The molecule has 2 aromatic carbocycles. The van der Waals surface area contributed by atoms with E-state index in [1.165, 1.54) is 0 Å². The van der Waals surface area contributed by atoms with Crippen molar-refractivity contribution in [2.75, 3.05) is 31.1 Å². The first-order chi connectivity index (χ1) is 14.0. The normalized spacial score (nSPS) is 15.6. The van der Waals surface area contributed by atoms with E-state index in [1.807, 2.05) is 41.3 Å². The number of halogens is 1. The molecule has 0 spiro atoms. The molecule has 1 aliphatic heterocycles. The molecule has 2 heterocycles. The van der Waals surface area contributed by atoms with Crippen LogP contribution in [-0.2, 0) is 10.0 Å². The molecule has 8 heteroatoms. The maximum atomic E-state index is 12.9. The molecule has 1 saturated heterocycles. The van der Waals surface area contributed by atoms with Crippen LogP contribution in [-0.4, -0.2) is 45.3 Å². The van der Waals surface area contributed by atoms with Crippen molar-refractivity contribution < 1.29 is 8.42 Å². The van der Waals surface area contributed by atoms with Crippen LogP contribution in [0.2, 0.25) is 5.02 Å². The summed E-state index contributed by atoms with van der Waals surface area (Å²) in [5.41, 5.74) is 1.79. The van der Waals surface area contributed by atoms with Crippen molar-refractivity contribution in [1.29, 1.82) is 0 Å². The monoisotopic (exact) mass is 445 g/mol. The number of hydrogen-bond donors (Lipinski definition) is 0. The zero-order chi connectivity index (χ0) is 20.3. The molecule has 0 unspecified atom stereocenters. The van der Waals surface area contributed by atoms with Gasteiger partial charge in [-0.15, -0.1) is 15.7 Å². The highest BCUT2D eigenvalue weighted by Crippen LogP contribution is 2.24. The van der Waals surface area contributed by atoms with Crippen LogP contribution in [0, 0.1) is 0 Å². The Morgan fingerprint density at radius 2 is 1.59 bits per heavy atom. The summed E-state index contributed by atoms with van der Waals surface area (Å²) in [7, 11) is -3.80. The average molecular weight is 446 g/mol. The lowest BCUT2D eigenvalue weighted by Gasteiger charge is -2.37. The highest BCUT2D eigenvalue weighted by atomic mass is 35.5. The summed E-state index contributed by atoms with van der Waals surface area (Å²) in [4.78, 5) is 4.29. The molecule has 0 saturated carbocycles. The summed E-state index contributed by atoms with van der Waals surface area (Å²) in [5, 5.41) is 2.22. The summed E-state index contributed by atoms with van der Waals surface area (Å²) in [6.07, 6.45) is 0. The third-order valence-electron chi connectivity index (χ3n) is 4.77. The van der Waals surface area contributed by atoms with Gasteiger partial charge in [-0.1, -0.05) is 48.0 Å². The average Bonchev–Trinajstić information content (AvgIpc) is 3.30. The molecular formula is C21H20ClN3O2S2. The Hall–Kier alpha value is -2.35. The molecule has 1 aromatic heterocycles. The highest BCUT2D eigenvalue weighted by Gasteiger charge is 2.25. The number of para-hydroxylation sites is 1. The van der Waals surface area contributed by atoms with Crippen molar-refractivity contribution in [1.82, 2.24) is 4.90 Å². The number of benzene rings is 2. The lowest BCUT2D eigenvalue weighted by atomic mass is 10.1. The number of amidine groups is 1. The lowest BCUT2D eigenvalue weighted by Crippen LogP contribution is -2.49. The second-order valence-electron chi connectivity index (χ2n) is 6.61. The molecule has 0 N–H and O–H groups in total. The summed E-state index contributed by atoms with van der Waals surface area (Å²) in [5.74, 6) is 0.400. The molecule has 3 aromatic rings. The number of sulfonamides is 1. The highest BCUT2D eigenvalue weighted by molar-refractivity contribution is 7.92. The molecule has 0 atom stereocenters. The summed E-state index contributed by atoms with van der Waals surface area (Å²) in [6.45, 7) is 2.84. The summed E-state index contributed by atoms with van der Waals surface area (Å²) >= 11 is 7.57. The number of piperazine rings is 1. The lowest BCUT2D eigenvalue weighted by molar-refractivity contribution is 0.387. The first-order valence-electron chi connectivity index (χ1n) is 9.23. The Morgan fingerprint density at radius 3 is 2.24 bits per heavy atom. The van der Waals surface area contributed by atoms with Crippen molar-refractivity contribution >= 4 is 44.5 Å². The summed E-state index contributed by atoms with van der Waals surface area (Å²) < 4.78 is 30.2. The smallest absolute Gasteiger partial charge is 0.293 e. The van der Waals surface area contributed by atoms with Gasteiger partial charge in [-0.05, 0) is 35.7 Å². The molecule has 0 bridgehead atoms. The largest absolute Gasteiger partial charge is 0.368 e. The Morgan fingerprint density at radius 1 is 0.897 bits per heavy atom. The molecule has 1 fully saturated rings. The van der Waals surface area contributed by atoms with E-state index >= 15 is 0 Å². The van der Waals surface area contributed by atoms with Gasteiger partial charge in [-0.2, -0.15) is 8.42 Å². The molecule has 0 aliphatic carbocycles. The maximum Gasteiger partial charge on any atom is 0.293 e. The van der Waals surface area contributed by atoms with Gasteiger partial charge in [0.05, 0.1) is 5.02 Å². The Balaban J connectivity index is 1.65. The van der Waals surface area contributed by atoms with Crippen LogP contribution < -0.4 is 4.90 Å². The summed E-state index contributed by atoms with van der Waals surface area (Å²) in [6, 6.07) is 20.7. The third-order valence-corrected chi connectivity index (χ3v) is 7.74. The molecule has 0 radical (unpaired) electrons. The van der Waals surface area contributed by atoms with E-state index in [9.17, 15) is 8.42 Å². The molecule has 0 amide bonds. The van der Waals surface area contributed by atoms with Gasteiger partial charge in [0.2, 0.25) is 0 Å². The van der Waals surface area contributed by atoms with Gasteiger partial charge in [0, 0.05) is 37.4 Å². The van der Waals surface area contributed by atoms with Crippen LogP contribution in [0.25, 0.3) is 0 Å². The van der Waals surface area contributed by atoms with Crippen LogP contribution in [0.15, 0.2) is 80.7 Å². The zero-order valence-electron chi connectivity index (χ0n) is 15.6. The zero-order valence-corrected chi connectivity index (χ0v) is 18.0. The van der Waals surface area contributed by atoms with Crippen LogP contribution in [0.1, 0.15) is 5.56 Å².